The number of aryl methyl sites for hydroxylation is 1. The van der Waals surface area contributed by atoms with Gasteiger partial charge < -0.3 is 24.4 Å². The number of nitrogens with zero attached hydrogens (tertiary/aromatic N) is 7. The third-order valence-corrected chi connectivity index (χ3v) is 6.08. The van der Waals surface area contributed by atoms with Crippen LogP contribution in [0, 0.1) is 6.92 Å². The van der Waals surface area contributed by atoms with Crippen molar-refractivity contribution >= 4 is 23.2 Å². The molecule has 0 bridgehead atoms. The first-order valence-corrected chi connectivity index (χ1v) is 11.6. The molecule has 1 N–H and O–H groups in total. The van der Waals surface area contributed by atoms with Crippen LogP contribution in [0.3, 0.4) is 0 Å². The van der Waals surface area contributed by atoms with Crippen molar-refractivity contribution in [2.45, 2.75) is 13.0 Å². The third-order valence-electron chi connectivity index (χ3n) is 6.08. The Balaban J connectivity index is 1.29. The van der Waals surface area contributed by atoms with E-state index in [2.05, 4.69) is 25.8 Å². The van der Waals surface area contributed by atoms with Gasteiger partial charge in [-0.05, 0) is 35.9 Å². The van der Waals surface area contributed by atoms with Gasteiger partial charge in [-0.25, -0.2) is 9.31 Å². The van der Waals surface area contributed by atoms with E-state index in [9.17, 15) is 9.59 Å². The zero-order valence-electron chi connectivity index (χ0n) is 20.6. The molecule has 13 nitrogen and oxygen atoms in total. The number of rotatable bonds is 8. The van der Waals surface area contributed by atoms with Crippen molar-refractivity contribution in [1.82, 2.24) is 34.7 Å². The first-order valence-electron chi connectivity index (χ1n) is 11.6. The van der Waals surface area contributed by atoms with Crippen LogP contribution in [-0.2, 0) is 9.47 Å². The third kappa shape index (κ3) is 4.93. The maximum absolute atomic E-state index is 13.1. The summed E-state index contributed by atoms with van der Waals surface area (Å²) in [4.78, 5) is 27.8. The van der Waals surface area contributed by atoms with Gasteiger partial charge in [0.1, 0.15) is 18.4 Å². The number of ether oxygens (including phenoxy) is 3. The summed E-state index contributed by atoms with van der Waals surface area (Å²) >= 11 is 0. The zero-order valence-corrected chi connectivity index (χ0v) is 20.6. The van der Waals surface area contributed by atoms with Crippen molar-refractivity contribution in [3.8, 4) is 17.1 Å². The zero-order chi connectivity index (χ0) is 25.9. The van der Waals surface area contributed by atoms with Crippen LogP contribution in [0.25, 0.3) is 16.9 Å². The summed E-state index contributed by atoms with van der Waals surface area (Å²) in [6.45, 7) is 3.71. The Bertz CT molecular complexity index is 1440. The van der Waals surface area contributed by atoms with Gasteiger partial charge in [0, 0.05) is 18.4 Å². The molecule has 0 atom stereocenters. The molecule has 1 aliphatic rings. The number of nitrogens with one attached hydrogen (secondary N) is 1. The van der Waals surface area contributed by atoms with Crippen molar-refractivity contribution in [3.05, 3.63) is 53.9 Å². The number of anilines is 1. The van der Waals surface area contributed by atoms with Gasteiger partial charge in [0.2, 0.25) is 5.82 Å². The van der Waals surface area contributed by atoms with Gasteiger partial charge in [0.25, 0.3) is 5.91 Å². The Labute approximate surface area is 211 Å². The number of hydrogen-bond acceptors (Lipinski definition) is 9. The van der Waals surface area contributed by atoms with Gasteiger partial charge >= 0.3 is 6.09 Å². The topological polar surface area (TPSA) is 138 Å². The summed E-state index contributed by atoms with van der Waals surface area (Å²) < 4.78 is 16.9. The van der Waals surface area contributed by atoms with E-state index in [4.69, 9.17) is 14.2 Å². The predicted octanol–water partition coefficient (Wildman–Crippen LogP) is 2.20. The summed E-state index contributed by atoms with van der Waals surface area (Å²) in [5, 5.41) is 20.0. The minimum atomic E-state index is -0.377. The van der Waals surface area contributed by atoms with Gasteiger partial charge in [0.05, 0.1) is 50.3 Å². The van der Waals surface area contributed by atoms with E-state index in [1.165, 1.54) is 18.1 Å². The molecular formula is C24H26N8O5. The average molecular weight is 507 g/mol. The molecule has 0 unspecified atom stereocenters. The van der Waals surface area contributed by atoms with Crippen molar-refractivity contribution in [1.29, 1.82) is 0 Å². The number of amides is 2. The van der Waals surface area contributed by atoms with Crippen LogP contribution in [-0.4, -0.2) is 87.2 Å². The molecule has 5 rings (SSSR count). The van der Waals surface area contributed by atoms with Crippen molar-refractivity contribution in [2.24, 2.45) is 0 Å². The molecule has 0 saturated carbocycles. The molecular weight excluding hydrogens is 480 g/mol. The highest BCUT2D eigenvalue weighted by atomic mass is 16.5. The van der Waals surface area contributed by atoms with Crippen LogP contribution in [0.1, 0.15) is 22.0 Å². The molecule has 192 valence electrons. The fraction of sp³-hybridized carbons (Fsp3) is 0.333. The Morgan fingerprint density at radius 3 is 2.76 bits per heavy atom. The molecule has 1 aromatic carbocycles. The summed E-state index contributed by atoms with van der Waals surface area (Å²) in [6.07, 6.45) is 2.86. The Kier molecular flexibility index (Phi) is 6.68. The summed E-state index contributed by atoms with van der Waals surface area (Å²) in [6, 6.07) is 9.08. The second-order valence-corrected chi connectivity index (χ2v) is 8.54. The minimum absolute atomic E-state index is 0.0634. The number of carbonyl (C=O) groups excluding carboxylic acids is 2. The lowest BCUT2D eigenvalue weighted by atomic mass is 10.1. The number of carbonyl (C=O) groups is 2. The Hall–Kier alpha value is -4.52. The largest absolute Gasteiger partial charge is 0.490 e. The molecule has 37 heavy (non-hydrogen) atoms. The number of aromatic nitrogens is 6. The van der Waals surface area contributed by atoms with E-state index >= 15 is 0 Å². The number of hydrogen-bond donors (Lipinski definition) is 1. The molecule has 4 aromatic rings. The summed E-state index contributed by atoms with van der Waals surface area (Å²) in [5.74, 6) is 0.755. The molecule has 0 aliphatic carbocycles. The first kappa shape index (κ1) is 24.2. The number of likely N-dealkylation sites (tertiary alicyclic amines) is 1. The molecule has 4 heterocycles. The minimum Gasteiger partial charge on any atom is -0.490 e. The molecule has 1 saturated heterocycles. The highest BCUT2D eigenvalue weighted by molar-refractivity contribution is 6.09. The van der Waals surface area contributed by atoms with E-state index in [0.29, 0.717) is 60.2 Å². The molecule has 3 aromatic heterocycles. The van der Waals surface area contributed by atoms with Gasteiger partial charge in [-0.2, -0.15) is 9.90 Å². The van der Waals surface area contributed by atoms with Crippen molar-refractivity contribution in [3.63, 3.8) is 0 Å². The number of methoxy groups -OCH3 is 2. The Morgan fingerprint density at radius 2 is 1.97 bits per heavy atom. The van der Waals surface area contributed by atoms with Gasteiger partial charge in [-0.3, -0.25) is 4.79 Å². The molecule has 1 fully saturated rings. The lowest BCUT2D eigenvalue weighted by Crippen LogP contribution is -2.51. The van der Waals surface area contributed by atoms with E-state index in [1.807, 2.05) is 25.1 Å². The fourth-order valence-electron chi connectivity index (χ4n) is 3.93. The predicted molar refractivity (Wildman–Crippen MR) is 132 cm³/mol. The highest BCUT2D eigenvalue weighted by Gasteiger charge is 2.34. The van der Waals surface area contributed by atoms with Crippen molar-refractivity contribution < 1.29 is 23.8 Å². The van der Waals surface area contributed by atoms with E-state index < -0.39 is 0 Å². The maximum atomic E-state index is 13.1. The van der Waals surface area contributed by atoms with E-state index in [1.54, 1.807) is 34.9 Å². The number of fused-ring (bicyclic) bond motifs is 1. The maximum Gasteiger partial charge on any atom is 0.409 e. The van der Waals surface area contributed by atoms with Gasteiger partial charge in [0.15, 0.2) is 0 Å². The number of tetrazole rings is 1. The number of pyridine rings is 1. The monoisotopic (exact) mass is 506 g/mol. The second-order valence-electron chi connectivity index (χ2n) is 8.54. The van der Waals surface area contributed by atoms with Crippen LogP contribution >= 0.6 is 0 Å². The first-order chi connectivity index (χ1) is 18.0. The number of benzene rings is 1. The molecule has 13 heteroatoms. The van der Waals surface area contributed by atoms with Crippen molar-refractivity contribution in [2.75, 3.05) is 45.8 Å². The van der Waals surface area contributed by atoms with Gasteiger partial charge in [-0.1, -0.05) is 12.1 Å². The van der Waals surface area contributed by atoms with Crippen LogP contribution in [0.4, 0.5) is 10.5 Å². The quantitative estimate of drug-likeness (QED) is 0.356. The van der Waals surface area contributed by atoms with Crippen LogP contribution < -0.4 is 10.1 Å². The van der Waals surface area contributed by atoms with E-state index in [0.717, 1.165) is 5.56 Å². The lowest BCUT2D eigenvalue weighted by Gasteiger charge is -2.36. The Morgan fingerprint density at radius 1 is 1.14 bits per heavy atom. The molecule has 1 aliphatic heterocycles. The van der Waals surface area contributed by atoms with E-state index in [-0.39, 0.29) is 18.0 Å². The van der Waals surface area contributed by atoms with Crippen LogP contribution in [0.15, 0.2) is 42.7 Å². The normalized spacial score (nSPS) is 13.4. The molecule has 0 radical (unpaired) electrons. The molecule has 2 amide bonds. The summed E-state index contributed by atoms with van der Waals surface area (Å²) in [5.41, 5.74) is 3.28. The summed E-state index contributed by atoms with van der Waals surface area (Å²) in [7, 11) is 2.96. The SMILES string of the molecule is COCCOc1ccc2c(C(=O)Nc3cc(-c4nnn(C5CN(C(=O)OC)C5)n4)ccc3C)cnn2c1. The highest BCUT2D eigenvalue weighted by Crippen LogP contribution is 2.26. The standard InChI is InChI=1S/C24H26N8O5/c1-15-4-5-16(22-27-29-32(28-22)17-12-30(13-17)24(34)36-3)10-20(15)26-23(33)19-11-25-31-14-18(6-7-21(19)31)37-9-8-35-2/h4-7,10-11,14,17H,8-9,12-13H2,1-3H3,(H,26,33). The second kappa shape index (κ2) is 10.2. The van der Waals surface area contributed by atoms with Crippen LogP contribution in [0.5, 0.6) is 5.75 Å². The lowest BCUT2D eigenvalue weighted by molar-refractivity contribution is 0.0621. The average Bonchev–Trinajstić information content (AvgIpc) is 3.52. The smallest absolute Gasteiger partial charge is 0.409 e. The fourth-order valence-corrected chi connectivity index (χ4v) is 3.93. The molecule has 0 spiro atoms. The van der Waals surface area contributed by atoms with Gasteiger partial charge in [-0.15, -0.1) is 10.2 Å². The van der Waals surface area contributed by atoms with Crippen LogP contribution in [0.2, 0.25) is 0 Å².